The number of hydrogen-bond acceptors (Lipinski definition) is 5. The molecule has 2 amide bonds. The summed E-state index contributed by atoms with van der Waals surface area (Å²) in [6.45, 7) is 1.93. The standard InChI is InChI=1S/C23H17Cl2N3O4/c1-14-2-6-16(7-3-14)23(31)32-18-9-4-15(5-10-18)13-26-28-22(30)21(29)27-20-12-17(24)8-11-19(20)25/h2-13H,1H3,(H,27,29)(H,28,30)/b26-13+. The molecular weight excluding hydrogens is 453 g/mol. The van der Waals surface area contributed by atoms with Crippen LogP contribution in [0, 0.1) is 6.92 Å². The van der Waals surface area contributed by atoms with Crippen molar-refractivity contribution in [1.29, 1.82) is 0 Å². The summed E-state index contributed by atoms with van der Waals surface area (Å²) in [6.07, 6.45) is 1.34. The van der Waals surface area contributed by atoms with Gasteiger partial charge in [-0.1, -0.05) is 40.9 Å². The molecule has 0 fully saturated rings. The van der Waals surface area contributed by atoms with Crippen LogP contribution in [0.1, 0.15) is 21.5 Å². The first kappa shape index (κ1) is 23.0. The van der Waals surface area contributed by atoms with Crippen LogP contribution in [0.5, 0.6) is 5.75 Å². The highest BCUT2D eigenvalue weighted by Crippen LogP contribution is 2.25. The van der Waals surface area contributed by atoms with Gasteiger partial charge in [0, 0.05) is 5.02 Å². The Morgan fingerprint density at radius 2 is 1.59 bits per heavy atom. The van der Waals surface area contributed by atoms with Gasteiger partial charge in [-0.3, -0.25) is 9.59 Å². The summed E-state index contributed by atoms with van der Waals surface area (Å²) in [5.74, 6) is -2.05. The van der Waals surface area contributed by atoms with E-state index in [0.717, 1.165) is 5.56 Å². The van der Waals surface area contributed by atoms with Crippen molar-refractivity contribution in [2.75, 3.05) is 5.32 Å². The predicted molar refractivity (Wildman–Crippen MR) is 123 cm³/mol. The quantitative estimate of drug-likeness (QED) is 0.187. The lowest BCUT2D eigenvalue weighted by Gasteiger charge is -2.06. The van der Waals surface area contributed by atoms with Crippen LogP contribution in [-0.2, 0) is 9.59 Å². The van der Waals surface area contributed by atoms with Gasteiger partial charge in [-0.15, -0.1) is 0 Å². The number of amides is 2. The monoisotopic (exact) mass is 469 g/mol. The third kappa shape index (κ3) is 6.41. The molecule has 0 unspecified atom stereocenters. The molecule has 9 heteroatoms. The molecule has 3 rings (SSSR count). The van der Waals surface area contributed by atoms with E-state index in [4.69, 9.17) is 27.9 Å². The fourth-order valence-electron chi connectivity index (χ4n) is 2.47. The van der Waals surface area contributed by atoms with Crippen molar-refractivity contribution in [3.05, 3.63) is 93.5 Å². The number of nitrogens with one attached hydrogen (secondary N) is 2. The van der Waals surface area contributed by atoms with E-state index in [1.165, 1.54) is 18.3 Å². The highest BCUT2D eigenvalue weighted by atomic mass is 35.5. The topological polar surface area (TPSA) is 96.9 Å². The number of rotatable bonds is 5. The molecule has 0 saturated carbocycles. The molecule has 0 atom stereocenters. The van der Waals surface area contributed by atoms with Gasteiger partial charge < -0.3 is 10.1 Å². The van der Waals surface area contributed by atoms with E-state index < -0.39 is 17.8 Å². The number of carbonyl (C=O) groups excluding carboxylic acids is 3. The number of ether oxygens (including phenoxy) is 1. The molecule has 0 radical (unpaired) electrons. The van der Waals surface area contributed by atoms with Crippen molar-refractivity contribution < 1.29 is 19.1 Å². The highest BCUT2D eigenvalue weighted by molar-refractivity contribution is 6.42. The van der Waals surface area contributed by atoms with E-state index in [1.807, 2.05) is 19.1 Å². The SMILES string of the molecule is Cc1ccc(C(=O)Oc2ccc(/C=N/NC(=O)C(=O)Nc3cc(Cl)ccc3Cl)cc2)cc1. The van der Waals surface area contributed by atoms with Gasteiger partial charge in [0.25, 0.3) is 0 Å². The number of esters is 1. The molecule has 0 saturated heterocycles. The molecule has 0 aliphatic carbocycles. The second-order valence-corrected chi connectivity index (χ2v) is 7.45. The normalized spacial score (nSPS) is 10.6. The lowest BCUT2D eigenvalue weighted by molar-refractivity contribution is -0.136. The van der Waals surface area contributed by atoms with Crippen LogP contribution < -0.4 is 15.5 Å². The van der Waals surface area contributed by atoms with Crippen molar-refractivity contribution in [3.63, 3.8) is 0 Å². The first-order chi connectivity index (χ1) is 15.3. The molecule has 32 heavy (non-hydrogen) atoms. The van der Waals surface area contributed by atoms with Crippen LogP contribution in [0.3, 0.4) is 0 Å². The third-order valence-corrected chi connectivity index (χ3v) is 4.71. The summed E-state index contributed by atoms with van der Waals surface area (Å²) in [5, 5.41) is 6.69. The lowest BCUT2D eigenvalue weighted by Crippen LogP contribution is -2.32. The van der Waals surface area contributed by atoms with Crippen molar-refractivity contribution >= 4 is 52.9 Å². The van der Waals surface area contributed by atoms with Gasteiger partial charge in [0.05, 0.1) is 22.5 Å². The zero-order valence-electron chi connectivity index (χ0n) is 16.8. The van der Waals surface area contributed by atoms with Crippen LogP contribution in [0.25, 0.3) is 0 Å². The molecule has 2 N–H and O–H groups in total. The van der Waals surface area contributed by atoms with Gasteiger partial charge in [-0.05, 0) is 67.1 Å². The van der Waals surface area contributed by atoms with E-state index in [1.54, 1.807) is 42.5 Å². The largest absolute Gasteiger partial charge is 0.423 e. The van der Waals surface area contributed by atoms with Gasteiger partial charge in [-0.2, -0.15) is 5.10 Å². The maximum Gasteiger partial charge on any atom is 0.343 e. The number of anilines is 1. The van der Waals surface area contributed by atoms with Crippen molar-refractivity contribution in [3.8, 4) is 5.75 Å². The van der Waals surface area contributed by atoms with Crippen LogP contribution in [-0.4, -0.2) is 24.0 Å². The summed E-state index contributed by atoms with van der Waals surface area (Å²) in [4.78, 5) is 36.0. The first-order valence-electron chi connectivity index (χ1n) is 9.30. The number of nitrogens with zero attached hydrogens (tertiary/aromatic N) is 1. The lowest BCUT2D eigenvalue weighted by atomic mass is 10.1. The molecule has 3 aromatic carbocycles. The summed E-state index contributed by atoms with van der Waals surface area (Å²) < 4.78 is 5.32. The minimum atomic E-state index is -0.985. The molecular formula is C23H17Cl2N3O4. The second-order valence-electron chi connectivity index (χ2n) is 6.60. The smallest absolute Gasteiger partial charge is 0.343 e. The Labute approximate surface area is 194 Å². The second kappa shape index (κ2) is 10.6. The van der Waals surface area contributed by atoms with Gasteiger partial charge in [0.2, 0.25) is 0 Å². The first-order valence-corrected chi connectivity index (χ1v) is 10.1. The molecule has 0 aliphatic heterocycles. The Hall–Kier alpha value is -3.68. The van der Waals surface area contributed by atoms with Crippen LogP contribution in [0.15, 0.2) is 71.8 Å². The van der Waals surface area contributed by atoms with E-state index in [0.29, 0.717) is 21.9 Å². The molecule has 162 valence electrons. The maximum atomic E-state index is 12.1. The minimum absolute atomic E-state index is 0.207. The van der Waals surface area contributed by atoms with E-state index in [-0.39, 0.29) is 10.7 Å². The van der Waals surface area contributed by atoms with Gasteiger partial charge >= 0.3 is 17.8 Å². The van der Waals surface area contributed by atoms with Crippen molar-refractivity contribution in [2.45, 2.75) is 6.92 Å². The molecule has 0 spiro atoms. The Balaban J connectivity index is 1.52. The maximum absolute atomic E-state index is 12.1. The predicted octanol–water partition coefficient (Wildman–Crippen LogP) is 4.61. The molecule has 0 heterocycles. The number of halogens is 2. The summed E-state index contributed by atoms with van der Waals surface area (Å²) >= 11 is 11.8. The summed E-state index contributed by atoms with van der Waals surface area (Å²) in [6, 6.07) is 18.0. The highest BCUT2D eigenvalue weighted by Gasteiger charge is 2.14. The summed E-state index contributed by atoms with van der Waals surface area (Å²) in [5.41, 5.74) is 4.42. The fraction of sp³-hybridized carbons (Fsp3) is 0.0435. The Kier molecular flexibility index (Phi) is 7.59. The fourth-order valence-corrected chi connectivity index (χ4v) is 2.80. The molecule has 0 aliphatic rings. The van der Waals surface area contributed by atoms with Crippen LogP contribution >= 0.6 is 23.2 Å². The molecule has 3 aromatic rings. The summed E-state index contributed by atoms with van der Waals surface area (Å²) in [7, 11) is 0. The number of benzene rings is 3. The van der Waals surface area contributed by atoms with Gasteiger partial charge in [0.1, 0.15) is 5.75 Å². The van der Waals surface area contributed by atoms with Crippen LogP contribution in [0.2, 0.25) is 10.0 Å². The average molecular weight is 470 g/mol. The molecule has 0 aromatic heterocycles. The Bertz CT molecular complexity index is 1180. The third-order valence-electron chi connectivity index (χ3n) is 4.14. The number of hydrogen-bond donors (Lipinski definition) is 2. The number of hydrazone groups is 1. The minimum Gasteiger partial charge on any atom is -0.423 e. The number of aryl methyl sites for hydroxylation is 1. The van der Waals surface area contributed by atoms with E-state index >= 15 is 0 Å². The van der Waals surface area contributed by atoms with Gasteiger partial charge in [0.15, 0.2) is 0 Å². The van der Waals surface area contributed by atoms with E-state index in [2.05, 4.69) is 15.8 Å². The van der Waals surface area contributed by atoms with E-state index in [9.17, 15) is 14.4 Å². The van der Waals surface area contributed by atoms with Crippen molar-refractivity contribution in [1.82, 2.24) is 5.43 Å². The molecule has 7 nitrogen and oxygen atoms in total. The molecule has 0 bridgehead atoms. The van der Waals surface area contributed by atoms with Gasteiger partial charge in [-0.25, -0.2) is 10.2 Å². The zero-order chi connectivity index (χ0) is 23.1. The Morgan fingerprint density at radius 1 is 0.906 bits per heavy atom. The zero-order valence-corrected chi connectivity index (χ0v) is 18.3. The Morgan fingerprint density at radius 3 is 2.28 bits per heavy atom. The number of carbonyl (C=O) groups is 3. The van der Waals surface area contributed by atoms with Crippen LogP contribution in [0.4, 0.5) is 5.69 Å². The average Bonchev–Trinajstić information content (AvgIpc) is 2.77. The van der Waals surface area contributed by atoms with Crippen molar-refractivity contribution in [2.24, 2.45) is 5.10 Å².